The highest BCUT2D eigenvalue weighted by Crippen LogP contribution is 2.16. The van der Waals surface area contributed by atoms with Crippen molar-refractivity contribution in [2.24, 2.45) is 0 Å². The number of aromatic nitrogens is 2. The number of likely N-dealkylation sites (N-methyl/N-ethyl adjacent to an activating group) is 1. The van der Waals surface area contributed by atoms with E-state index in [1.807, 2.05) is 46.1 Å². The van der Waals surface area contributed by atoms with Gasteiger partial charge in [0.25, 0.3) is 0 Å². The normalized spacial score (nSPS) is 18.9. The summed E-state index contributed by atoms with van der Waals surface area (Å²) in [6.45, 7) is 0.736. The molecule has 0 aliphatic carbocycles. The van der Waals surface area contributed by atoms with E-state index in [9.17, 15) is 13.2 Å². The van der Waals surface area contributed by atoms with E-state index in [-0.39, 0.29) is 30.0 Å². The van der Waals surface area contributed by atoms with E-state index < -0.39 is 9.84 Å². The number of para-hydroxylation sites is 1. The molecule has 1 aromatic carbocycles. The van der Waals surface area contributed by atoms with E-state index in [4.69, 9.17) is 0 Å². The molecule has 1 aliphatic heterocycles. The van der Waals surface area contributed by atoms with E-state index >= 15 is 0 Å². The summed E-state index contributed by atoms with van der Waals surface area (Å²) in [7, 11) is -1.13. The summed E-state index contributed by atoms with van der Waals surface area (Å²) >= 11 is 0. The molecule has 0 saturated carbocycles. The molecule has 1 saturated heterocycles. The molecular weight excluding hydrogens is 352 g/mol. The summed E-state index contributed by atoms with van der Waals surface area (Å²) in [5.74, 6) is 0.275. The number of carbonyl (C=O) groups excluding carboxylic acids is 1. The van der Waals surface area contributed by atoms with Crippen molar-refractivity contribution in [3.8, 4) is 5.69 Å². The number of carbonyl (C=O) groups is 1. The maximum Gasteiger partial charge on any atom is 0.234 e. The van der Waals surface area contributed by atoms with Gasteiger partial charge in [-0.1, -0.05) is 18.2 Å². The number of nitrogens with one attached hydrogen (secondary N) is 1. The fourth-order valence-corrected chi connectivity index (χ4v) is 4.90. The number of nitrogens with zero attached hydrogens (tertiary/aromatic N) is 3. The van der Waals surface area contributed by atoms with Gasteiger partial charge in [0.05, 0.1) is 29.9 Å². The summed E-state index contributed by atoms with van der Waals surface area (Å²) in [5.41, 5.74) is 2.04. The van der Waals surface area contributed by atoms with E-state index in [0.717, 1.165) is 11.3 Å². The predicted molar refractivity (Wildman–Crippen MR) is 100.0 cm³/mol. The standard InChI is InChI=1S/C18H24N4O3S/c1-21(17-8-10-26(24,25)14-17)13-18(23)19-9-7-15-11-20-22(12-15)16-5-3-2-4-6-16/h2-6,11-12,17H,7-10,13-14H2,1H3,(H,19,23). The van der Waals surface area contributed by atoms with Crippen LogP contribution in [0.25, 0.3) is 5.69 Å². The van der Waals surface area contributed by atoms with Crippen molar-refractivity contribution in [3.63, 3.8) is 0 Å². The van der Waals surface area contributed by atoms with E-state index in [1.165, 1.54) is 0 Å². The Morgan fingerprint density at radius 3 is 2.81 bits per heavy atom. The van der Waals surface area contributed by atoms with Crippen LogP contribution < -0.4 is 5.32 Å². The third-order valence-corrected chi connectivity index (χ3v) is 6.37. The topological polar surface area (TPSA) is 84.3 Å². The third kappa shape index (κ3) is 4.92. The minimum atomic E-state index is -2.93. The van der Waals surface area contributed by atoms with Crippen LogP contribution in [0.15, 0.2) is 42.7 Å². The van der Waals surface area contributed by atoms with Crippen molar-refractivity contribution < 1.29 is 13.2 Å². The SMILES string of the molecule is CN(CC(=O)NCCc1cnn(-c2ccccc2)c1)C1CCS(=O)(=O)C1. The molecule has 0 radical (unpaired) electrons. The largest absolute Gasteiger partial charge is 0.355 e. The van der Waals surface area contributed by atoms with Gasteiger partial charge in [0.15, 0.2) is 9.84 Å². The van der Waals surface area contributed by atoms with Gasteiger partial charge in [0, 0.05) is 18.8 Å². The first-order chi connectivity index (χ1) is 12.4. The van der Waals surface area contributed by atoms with Crippen LogP contribution in [0.5, 0.6) is 0 Å². The summed E-state index contributed by atoms with van der Waals surface area (Å²) in [6, 6.07) is 9.79. The average molecular weight is 376 g/mol. The Morgan fingerprint density at radius 1 is 1.35 bits per heavy atom. The number of rotatable bonds is 7. The van der Waals surface area contributed by atoms with Gasteiger partial charge < -0.3 is 5.32 Å². The number of sulfone groups is 1. The lowest BCUT2D eigenvalue weighted by Crippen LogP contribution is -2.41. The van der Waals surface area contributed by atoms with Gasteiger partial charge in [-0.25, -0.2) is 13.1 Å². The minimum Gasteiger partial charge on any atom is -0.355 e. The molecule has 1 unspecified atom stereocenters. The summed E-state index contributed by atoms with van der Waals surface area (Å²) in [4.78, 5) is 13.9. The van der Waals surface area contributed by atoms with Gasteiger partial charge in [-0.15, -0.1) is 0 Å². The van der Waals surface area contributed by atoms with Crippen LogP contribution in [0.2, 0.25) is 0 Å². The van der Waals surface area contributed by atoms with Crippen molar-refractivity contribution in [2.75, 3.05) is 31.6 Å². The van der Waals surface area contributed by atoms with E-state index in [0.29, 0.717) is 19.4 Å². The molecule has 2 heterocycles. The van der Waals surface area contributed by atoms with Crippen molar-refractivity contribution in [1.29, 1.82) is 0 Å². The molecule has 26 heavy (non-hydrogen) atoms. The lowest BCUT2D eigenvalue weighted by atomic mass is 10.2. The second-order valence-corrected chi connectivity index (χ2v) is 8.93. The quantitative estimate of drug-likeness (QED) is 0.767. The Bertz CT molecular complexity index is 848. The Balaban J connectivity index is 1.42. The lowest BCUT2D eigenvalue weighted by Gasteiger charge is -2.22. The van der Waals surface area contributed by atoms with Crippen molar-refractivity contribution in [2.45, 2.75) is 18.9 Å². The van der Waals surface area contributed by atoms with Crippen LogP contribution >= 0.6 is 0 Å². The van der Waals surface area contributed by atoms with Crippen LogP contribution in [0.3, 0.4) is 0 Å². The predicted octanol–water partition coefficient (Wildman–Crippen LogP) is 0.650. The maximum absolute atomic E-state index is 12.1. The minimum absolute atomic E-state index is 0.0603. The van der Waals surface area contributed by atoms with Gasteiger partial charge >= 0.3 is 0 Å². The van der Waals surface area contributed by atoms with Gasteiger partial charge in [-0.2, -0.15) is 5.10 Å². The number of amides is 1. The summed E-state index contributed by atoms with van der Waals surface area (Å²) in [5, 5.41) is 7.23. The maximum atomic E-state index is 12.1. The molecule has 1 atom stereocenters. The van der Waals surface area contributed by atoms with E-state index in [1.54, 1.807) is 13.2 Å². The number of hydrogen-bond acceptors (Lipinski definition) is 5. The smallest absolute Gasteiger partial charge is 0.234 e. The third-order valence-electron chi connectivity index (χ3n) is 4.62. The second-order valence-electron chi connectivity index (χ2n) is 6.70. The van der Waals surface area contributed by atoms with Crippen LogP contribution in [0.4, 0.5) is 0 Å². The highest BCUT2D eigenvalue weighted by Gasteiger charge is 2.31. The first-order valence-electron chi connectivity index (χ1n) is 8.69. The zero-order valence-corrected chi connectivity index (χ0v) is 15.7. The zero-order chi connectivity index (χ0) is 18.6. The molecule has 1 N–H and O–H groups in total. The molecule has 140 valence electrons. The molecule has 1 fully saturated rings. The van der Waals surface area contributed by atoms with Gasteiger partial charge in [-0.3, -0.25) is 9.69 Å². The average Bonchev–Trinajstić information content (AvgIpc) is 3.22. The van der Waals surface area contributed by atoms with Crippen molar-refractivity contribution in [3.05, 3.63) is 48.3 Å². The van der Waals surface area contributed by atoms with Crippen LogP contribution in [-0.2, 0) is 21.1 Å². The Kier molecular flexibility index (Phi) is 5.73. The lowest BCUT2D eigenvalue weighted by molar-refractivity contribution is -0.122. The molecule has 7 nitrogen and oxygen atoms in total. The highest BCUT2D eigenvalue weighted by atomic mass is 32.2. The molecule has 1 amide bonds. The Hall–Kier alpha value is -2.19. The first kappa shape index (κ1) is 18.6. The number of hydrogen-bond donors (Lipinski definition) is 1. The van der Waals surface area contributed by atoms with Gasteiger partial charge in [0.2, 0.25) is 5.91 Å². The van der Waals surface area contributed by atoms with Crippen LogP contribution in [0, 0.1) is 0 Å². The van der Waals surface area contributed by atoms with Crippen molar-refractivity contribution in [1.82, 2.24) is 20.0 Å². The monoisotopic (exact) mass is 376 g/mol. The molecular formula is C18H24N4O3S. The molecule has 3 rings (SSSR count). The fraction of sp³-hybridized carbons (Fsp3) is 0.444. The van der Waals surface area contributed by atoms with E-state index in [2.05, 4.69) is 10.4 Å². The highest BCUT2D eigenvalue weighted by molar-refractivity contribution is 7.91. The van der Waals surface area contributed by atoms with Crippen LogP contribution in [0.1, 0.15) is 12.0 Å². The number of benzene rings is 1. The Labute approximate surface area is 153 Å². The molecule has 2 aromatic rings. The zero-order valence-electron chi connectivity index (χ0n) is 14.8. The van der Waals surface area contributed by atoms with Gasteiger partial charge in [-0.05, 0) is 37.6 Å². The molecule has 8 heteroatoms. The Morgan fingerprint density at radius 2 is 2.12 bits per heavy atom. The first-order valence-corrected chi connectivity index (χ1v) is 10.5. The van der Waals surface area contributed by atoms with Crippen LogP contribution in [-0.4, -0.2) is 66.7 Å². The second kappa shape index (κ2) is 8.01. The molecule has 1 aliphatic rings. The summed E-state index contributed by atoms with van der Waals surface area (Å²) in [6.07, 6.45) is 5.05. The molecule has 1 aromatic heterocycles. The molecule has 0 spiro atoms. The molecule has 0 bridgehead atoms. The fourth-order valence-electron chi connectivity index (χ4n) is 3.09. The van der Waals surface area contributed by atoms with Gasteiger partial charge in [0.1, 0.15) is 0 Å². The summed E-state index contributed by atoms with van der Waals surface area (Å²) < 4.78 is 24.9. The van der Waals surface area contributed by atoms with Crippen molar-refractivity contribution >= 4 is 15.7 Å².